The van der Waals surface area contributed by atoms with Crippen LogP contribution >= 0.6 is 11.3 Å². The van der Waals surface area contributed by atoms with E-state index in [0.29, 0.717) is 24.5 Å². The van der Waals surface area contributed by atoms with Crippen molar-refractivity contribution >= 4 is 58.4 Å². The first-order chi connectivity index (χ1) is 19.4. The number of fused-ring (bicyclic) bond motifs is 1. The highest BCUT2D eigenvalue weighted by molar-refractivity contribution is 7.12. The SMILES string of the molecule is Cc1ccsc1C(=O)Nc1cc(CN2CCN(C(=O)CO)CC2)ccc1/C=C/c1n[nH]c2ccccc12.O=CO. The molecular weight excluding hydrogens is 530 g/mol. The topological polar surface area (TPSA) is 139 Å². The van der Waals surface area contributed by atoms with Gasteiger partial charge < -0.3 is 20.4 Å². The molecule has 5 rings (SSSR count). The summed E-state index contributed by atoms with van der Waals surface area (Å²) < 4.78 is 0. The number of amides is 2. The number of aliphatic hydroxyl groups excluding tert-OH is 1. The number of thiophene rings is 1. The van der Waals surface area contributed by atoms with Crippen molar-refractivity contribution in [1.82, 2.24) is 20.0 Å². The van der Waals surface area contributed by atoms with Crippen molar-refractivity contribution in [2.24, 2.45) is 0 Å². The number of carbonyl (C=O) groups excluding carboxylic acids is 2. The molecule has 208 valence electrons. The van der Waals surface area contributed by atoms with E-state index in [1.165, 1.54) is 11.3 Å². The number of hydrogen-bond donors (Lipinski definition) is 4. The molecule has 10 nitrogen and oxygen atoms in total. The number of hydrogen-bond acceptors (Lipinski definition) is 7. The largest absolute Gasteiger partial charge is 0.483 e. The van der Waals surface area contributed by atoms with Gasteiger partial charge in [-0.1, -0.05) is 36.4 Å². The summed E-state index contributed by atoms with van der Waals surface area (Å²) in [6, 6.07) is 16.0. The third-order valence-corrected chi connectivity index (χ3v) is 7.64. The number of rotatable bonds is 7. The number of nitrogens with one attached hydrogen (secondary N) is 2. The first kappa shape index (κ1) is 28.7. The summed E-state index contributed by atoms with van der Waals surface area (Å²) in [5, 5.41) is 29.6. The number of aromatic amines is 1. The molecule has 0 saturated carbocycles. The van der Waals surface area contributed by atoms with Crippen LogP contribution in [0.1, 0.15) is 32.1 Å². The molecule has 0 bridgehead atoms. The first-order valence-corrected chi connectivity index (χ1v) is 13.6. The number of aliphatic hydroxyl groups is 1. The average molecular weight is 562 g/mol. The van der Waals surface area contributed by atoms with Crippen molar-refractivity contribution in [2.75, 3.05) is 38.1 Å². The van der Waals surface area contributed by atoms with Gasteiger partial charge in [-0.25, -0.2) is 0 Å². The highest BCUT2D eigenvalue weighted by atomic mass is 32.1. The number of anilines is 1. The van der Waals surface area contributed by atoms with Crippen LogP contribution in [0.15, 0.2) is 53.9 Å². The minimum Gasteiger partial charge on any atom is -0.483 e. The van der Waals surface area contributed by atoms with E-state index in [1.807, 2.05) is 66.9 Å². The number of carboxylic acid groups (broad SMARTS) is 1. The van der Waals surface area contributed by atoms with Crippen LogP contribution < -0.4 is 5.32 Å². The van der Waals surface area contributed by atoms with Gasteiger partial charge in [0.15, 0.2) is 0 Å². The number of para-hydroxylation sites is 1. The summed E-state index contributed by atoms with van der Waals surface area (Å²) in [6.45, 7) is 4.60. The van der Waals surface area contributed by atoms with Crippen LogP contribution in [-0.4, -0.2) is 81.3 Å². The van der Waals surface area contributed by atoms with E-state index in [2.05, 4.69) is 26.5 Å². The maximum absolute atomic E-state index is 13.1. The van der Waals surface area contributed by atoms with Crippen LogP contribution in [0.3, 0.4) is 0 Å². The van der Waals surface area contributed by atoms with Crippen LogP contribution in [0.4, 0.5) is 5.69 Å². The van der Waals surface area contributed by atoms with Gasteiger partial charge in [0, 0.05) is 43.8 Å². The molecule has 1 aliphatic rings. The molecule has 2 aromatic carbocycles. The molecule has 0 atom stereocenters. The molecule has 0 unspecified atom stereocenters. The fourth-order valence-corrected chi connectivity index (χ4v) is 5.35. The Hall–Kier alpha value is -4.32. The molecule has 40 heavy (non-hydrogen) atoms. The summed E-state index contributed by atoms with van der Waals surface area (Å²) in [5.74, 6) is -0.352. The number of aromatic nitrogens is 2. The minimum absolute atomic E-state index is 0.124. The van der Waals surface area contributed by atoms with Gasteiger partial charge >= 0.3 is 0 Å². The molecule has 4 aromatic rings. The molecule has 1 saturated heterocycles. The Labute approximate surface area is 235 Å². The Kier molecular flexibility index (Phi) is 9.79. The van der Waals surface area contributed by atoms with E-state index >= 15 is 0 Å². The maximum atomic E-state index is 13.1. The number of aryl methyl sites for hydroxylation is 1. The molecule has 2 aromatic heterocycles. The number of piperazine rings is 1. The molecule has 1 aliphatic heterocycles. The fraction of sp³-hybridized carbons (Fsp3) is 0.241. The van der Waals surface area contributed by atoms with E-state index in [9.17, 15) is 9.59 Å². The molecule has 1 fully saturated rings. The van der Waals surface area contributed by atoms with Crippen molar-refractivity contribution in [3.8, 4) is 0 Å². The van der Waals surface area contributed by atoms with Gasteiger partial charge in [0.25, 0.3) is 12.4 Å². The zero-order chi connectivity index (χ0) is 28.5. The Balaban J connectivity index is 0.00000118. The third kappa shape index (κ3) is 7.00. The monoisotopic (exact) mass is 561 g/mol. The van der Waals surface area contributed by atoms with Gasteiger partial charge in [-0.3, -0.25) is 24.4 Å². The molecule has 11 heteroatoms. The normalized spacial score (nSPS) is 13.7. The zero-order valence-electron chi connectivity index (χ0n) is 22.0. The standard InChI is InChI=1S/C28H29N5O3S.CH2O2/c1-19-10-15-37-27(19)28(36)29-25-16-20(17-32-11-13-33(14-12-32)26(35)18-34)6-7-21(25)8-9-24-22-4-2-3-5-23(22)30-31-24;2-1-3/h2-10,15-16,34H,11-14,17-18H2,1H3,(H,29,36)(H,30,31);1H,(H,2,3)/b9-8+;. The molecule has 2 amide bonds. The van der Waals surface area contributed by atoms with Gasteiger partial charge in [0.2, 0.25) is 5.91 Å². The van der Waals surface area contributed by atoms with E-state index in [0.717, 1.165) is 52.1 Å². The molecule has 3 heterocycles. The summed E-state index contributed by atoms with van der Waals surface area (Å²) in [7, 11) is 0. The second-order valence-corrected chi connectivity index (χ2v) is 10.1. The predicted octanol–water partition coefficient (Wildman–Crippen LogP) is 3.69. The third-order valence-electron chi connectivity index (χ3n) is 6.62. The van der Waals surface area contributed by atoms with Crippen LogP contribution in [0.5, 0.6) is 0 Å². The van der Waals surface area contributed by atoms with Crippen LogP contribution in [0.2, 0.25) is 0 Å². The second kappa shape index (κ2) is 13.7. The fourth-order valence-electron chi connectivity index (χ4n) is 4.53. The van der Waals surface area contributed by atoms with Gasteiger partial charge in [0.1, 0.15) is 6.61 Å². The lowest BCUT2D eigenvalue weighted by Crippen LogP contribution is -2.49. The van der Waals surface area contributed by atoms with Crippen molar-refractivity contribution in [3.63, 3.8) is 0 Å². The molecular formula is C29H31N5O5S. The molecule has 0 radical (unpaired) electrons. The molecule has 0 spiro atoms. The van der Waals surface area contributed by atoms with E-state index in [-0.39, 0.29) is 18.3 Å². The Morgan fingerprint density at radius 2 is 1.85 bits per heavy atom. The van der Waals surface area contributed by atoms with Gasteiger partial charge in [-0.05, 0) is 53.3 Å². The number of benzene rings is 2. The lowest BCUT2D eigenvalue weighted by Gasteiger charge is -2.34. The molecule has 4 N–H and O–H groups in total. The van der Waals surface area contributed by atoms with Gasteiger partial charge in [-0.15, -0.1) is 11.3 Å². The van der Waals surface area contributed by atoms with Crippen LogP contribution in [0.25, 0.3) is 23.1 Å². The van der Waals surface area contributed by atoms with Crippen LogP contribution in [0, 0.1) is 6.92 Å². The summed E-state index contributed by atoms with van der Waals surface area (Å²) in [4.78, 5) is 37.9. The van der Waals surface area contributed by atoms with Crippen molar-refractivity contribution in [2.45, 2.75) is 13.5 Å². The molecule has 0 aliphatic carbocycles. The minimum atomic E-state index is -0.449. The lowest BCUT2D eigenvalue weighted by atomic mass is 10.1. The summed E-state index contributed by atoms with van der Waals surface area (Å²) in [6.07, 6.45) is 3.93. The maximum Gasteiger partial charge on any atom is 0.290 e. The van der Waals surface area contributed by atoms with Crippen LogP contribution in [-0.2, 0) is 16.1 Å². The second-order valence-electron chi connectivity index (χ2n) is 9.22. The summed E-state index contributed by atoms with van der Waals surface area (Å²) in [5.41, 5.74) is 5.45. The van der Waals surface area contributed by atoms with E-state index in [4.69, 9.17) is 15.0 Å². The quantitative estimate of drug-likeness (QED) is 0.252. The Bertz CT molecular complexity index is 1500. The Morgan fingerprint density at radius 1 is 1.10 bits per heavy atom. The summed E-state index contributed by atoms with van der Waals surface area (Å²) >= 11 is 1.43. The van der Waals surface area contributed by atoms with E-state index < -0.39 is 6.61 Å². The highest BCUT2D eigenvalue weighted by Gasteiger charge is 2.21. The lowest BCUT2D eigenvalue weighted by molar-refractivity contribution is -0.136. The van der Waals surface area contributed by atoms with E-state index in [1.54, 1.807) is 4.90 Å². The van der Waals surface area contributed by atoms with Crippen molar-refractivity contribution < 1.29 is 24.6 Å². The number of H-pyrrole nitrogens is 1. The van der Waals surface area contributed by atoms with Crippen molar-refractivity contribution in [3.05, 3.63) is 81.2 Å². The van der Waals surface area contributed by atoms with Gasteiger partial charge in [-0.2, -0.15) is 5.10 Å². The Morgan fingerprint density at radius 3 is 2.55 bits per heavy atom. The predicted molar refractivity (Wildman–Crippen MR) is 156 cm³/mol. The number of nitrogens with zero attached hydrogens (tertiary/aromatic N) is 3. The zero-order valence-corrected chi connectivity index (χ0v) is 22.9. The van der Waals surface area contributed by atoms with Gasteiger partial charge in [0.05, 0.1) is 16.1 Å². The number of carbonyl (C=O) groups is 3. The van der Waals surface area contributed by atoms with Crippen molar-refractivity contribution in [1.29, 1.82) is 0 Å². The first-order valence-electron chi connectivity index (χ1n) is 12.7. The average Bonchev–Trinajstić information content (AvgIpc) is 3.59. The highest BCUT2D eigenvalue weighted by Crippen LogP contribution is 2.25. The smallest absolute Gasteiger partial charge is 0.290 e.